The maximum atomic E-state index is 12.7. The quantitative estimate of drug-likeness (QED) is 0.741. The zero-order chi connectivity index (χ0) is 18.4. The third-order valence-corrected chi connectivity index (χ3v) is 4.76. The number of hydrogen-bond donors (Lipinski definition) is 3. The van der Waals surface area contributed by atoms with Crippen LogP contribution in [0.2, 0.25) is 0 Å². The lowest BCUT2D eigenvalue weighted by Crippen LogP contribution is -2.51. The zero-order valence-electron chi connectivity index (χ0n) is 15.4. The van der Waals surface area contributed by atoms with Crippen molar-refractivity contribution in [3.8, 4) is 0 Å². The van der Waals surface area contributed by atoms with E-state index < -0.39 is 6.04 Å². The highest BCUT2D eigenvalue weighted by atomic mass is 16.3. The van der Waals surface area contributed by atoms with Gasteiger partial charge in [0.25, 0.3) is 5.91 Å². The molecule has 1 aromatic rings. The van der Waals surface area contributed by atoms with Gasteiger partial charge in [-0.05, 0) is 56.6 Å². The van der Waals surface area contributed by atoms with Gasteiger partial charge in [0.2, 0.25) is 5.91 Å². The second-order valence-electron chi connectivity index (χ2n) is 7.48. The summed E-state index contributed by atoms with van der Waals surface area (Å²) in [4.78, 5) is 25.3. The third-order valence-electron chi connectivity index (χ3n) is 4.76. The highest BCUT2D eigenvalue weighted by Gasteiger charge is 2.27. The van der Waals surface area contributed by atoms with Crippen LogP contribution in [0.1, 0.15) is 61.9 Å². The van der Waals surface area contributed by atoms with Crippen LogP contribution in [-0.4, -0.2) is 35.1 Å². The first-order valence-electron chi connectivity index (χ1n) is 9.21. The van der Waals surface area contributed by atoms with Gasteiger partial charge in [0, 0.05) is 11.6 Å². The number of aliphatic hydroxyl groups excluding tert-OH is 1. The average Bonchev–Trinajstić information content (AvgIpc) is 2.56. The second-order valence-corrected chi connectivity index (χ2v) is 7.48. The Morgan fingerprint density at radius 1 is 1.16 bits per heavy atom. The number of amides is 2. The van der Waals surface area contributed by atoms with Crippen LogP contribution in [0, 0.1) is 12.8 Å². The van der Waals surface area contributed by atoms with Crippen LogP contribution in [0.4, 0.5) is 0 Å². The molecule has 1 saturated carbocycles. The topological polar surface area (TPSA) is 78.4 Å². The van der Waals surface area contributed by atoms with E-state index in [1.165, 1.54) is 0 Å². The van der Waals surface area contributed by atoms with Gasteiger partial charge in [-0.15, -0.1) is 0 Å². The summed E-state index contributed by atoms with van der Waals surface area (Å²) in [7, 11) is 0. The Morgan fingerprint density at radius 3 is 2.40 bits per heavy atom. The number of nitrogens with one attached hydrogen (secondary N) is 2. The van der Waals surface area contributed by atoms with Crippen molar-refractivity contribution in [3.63, 3.8) is 0 Å². The van der Waals surface area contributed by atoms with Crippen molar-refractivity contribution < 1.29 is 14.7 Å². The molecule has 138 valence electrons. The fourth-order valence-electron chi connectivity index (χ4n) is 3.29. The number of carbonyl (C=O) groups is 2. The predicted molar refractivity (Wildman–Crippen MR) is 98.3 cm³/mol. The van der Waals surface area contributed by atoms with Gasteiger partial charge in [0.05, 0.1) is 6.10 Å². The molecule has 3 N–H and O–H groups in total. The van der Waals surface area contributed by atoms with E-state index in [2.05, 4.69) is 10.6 Å². The normalized spacial score (nSPS) is 21.6. The molecule has 0 heterocycles. The molecular weight excluding hydrogens is 316 g/mol. The summed E-state index contributed by atoms with van der Waals surface area (Å²) in [6.45, 7) is 5.97. The summed E-state index contributed by atoms with van der Waals surface area (Å²) < 4.78 is 0. The molecule has 5 nitrogen and oxygen atoms in total. The minimum atomic E-state index is -0.543. The first-order valence-corrected chi connectivity index (χ1v) is 9.21. The first kappa shape index (κ1) is 19.4. The summed E-state index contributed by atoms with van der Waals surface area (Å²) in [5.74, 6) is -0.0453. The molecule has 0 spiro atoms. The van der Waals surface area contributed by atoms with Crippen molar-refractivity contribution in [3.05, 3.63) is 35.4 Å². The lowest BCUT2D eigenvalue weighted by Gasteiger charge is -2.28. The number of aryl methyl sites for hydroxylation is 1. The number of rotatable bonds is 6. The maximum absolute atomic E-state index is 12.7. The van der Waals surface area contributed by atoms with E-state index in [4.69, 9.17) is 0 Å². The summed E-state index contributed by atoms with van der Waals surface area (Å²) in [5.41, 5.74) is 1.50. The van der Waals surface area contributed by atoms with Crippen molar-refractivity contribution >= 4 is 11.8 Å². The van der Waals surface area contributed by atoms with Crippen molar-refractivity contribution in [2.75, 3.05) is 0 Å². The van der Waals surface area contributed by atoms with Crippen LogP contribution in [0.3, 0.4) is 0 Å². The van der Waals surface area contributed by atoms with E-state index in [1.54, 1.807) is 6.07 Å². The van der Waals surface area contributed by atoms with Crippen LogP contribution >= 0.6 is 0 Å². The molecule has 1 atom stereocenters. The minimum absolute atomic E-state index is 0.0842. The molecule has 2 amide bonds. The maximum Gasteiger partial charge on any atom is 0.252 e. The summed E-state index contributed by atoms with van der Waals surface area (Å²) >= 11 is 0. The molecule has 0 aliphatic heterocycles. The molecule has 1 aliphatic carbocycles. The molecule has 1 unspecified atom stereocenters. The molecule has 0 bridgehead atoms. The van der Waals surface area contributed by atoms with Gasteiger partial charge in [-0.1, -0.05) is 32.0 Å². The number of hydrogen-bond acceptors (Lipinski definition) is 3. The summed E-state index contributed by atoms with van der Waals surface area (Å²) in [6, 6.07) is 6.92. The van der Waals surface area contributed by atoms with Crippen molar-refractivity contribution in [1.82, 2.24) is 10.6 Å². The Kier molecular flexibility index (Phi) is 7.00. The Bertz CT molecular complexity index is 592. The van der Waals surface area contributed by atoms with Crippen LogP contribution < -0.4 is 10.6 Å². The number of carbonyl (C=O) groups excluding carboxylic acids is 2. The van der Waals surface area contributed by atoms with Gasteiger partial charge in [-0.3, -0.25) is 9.59 Å². The Balaban J connectivity index is 2.01. The standard InChI is InChI=1S/C20H30N2O3/c1-13(2)12-18(20(25)21-15-8-10-16(23)11-9-15)22-19(24)17-7-5-4-6-14(17)3/h4-7,13,15-16,18,23H,8-12H2,1-3H3,(H,21,25)(H,22,24). The van der Waals surface area contributed by atoms with Crippen molar-refractivity contribution in [2.45, 2.75) is 71.1 Å². The van der Waals surface area contributed by atoms with E-state index in [1.807, 2.05) is 39.0 Å². The SMILES string of the molecule is Cc1ccccc1C(=O)NC(CC(C)C)C(=O)NC1CCC(O)CC1. The highest BCUT2D eigenvalue weighted by Crippen LogP contribution is 2.19. The largest absolute Gasteiger partial charge is 0.393 e. The molecule has 25 heavy (non-hydrogen) atoms. The molecule has 1 aliphatic rings. The Hall–Kier alpha value is -1.88. The molecule has 1 aromatic carbocycles. The van der Waals surface area contributed by atoms with Crippen LogP contribution in [0.15, 0.2) is 24.3 Å². The lowest BCUT2D eigenvalue weighted by molar-refractivity contribution is -0.124. The smallest absolute Gasteiger partial charge is 0.252 e. The minimum Gasteiger partial charge on any atom is -0.393 e. The monoisotopic (exact) mass is 346 g/mol. The van der Waals surface area contributed by atoms with Crippen molar-refractivity contribution in [2.24, 2.45) is 5.92 Å². The summed E-state index contributed by atoms with van der Waals surface area (Å²) in [5, 5.41) is 15.5. The lowest BCUT2D eigenvalue weighted by atomic mass is 9.92. The second kappa shape index (κ2) is 8.99. The van der Waals surface area contributed by atoms with Crippen LogP contribution in [-0.2, 0) is 4.79 Å². The van der Waals surface area contributed by atoms with Crippen molar-refractivity contribution in [1.29, 1.82) is 0 Å². The summed E-state index contributed by atoms with van der Waals surface area (Å²) in [6.07, 6.45) is 3.35. The highest BCUT2D eigenvalue weighted by molar-refractivity contribution is 5.98. The van der Waals surface area contributed by atoms with Gasteiger partial charge >= 0.3 is 0 Å². The molecule has 5 heteroatoms. The first-order chi connectivity index (χ1) is 11.9. The van der Waals surface area contributed by atoms with Gasteiger partial charge in [0.15, 0.2) is 0 Å². The average molecular weight is 346 g/mol. The third kappa shape index (κ3) is 5.85. The predicted octanol–water partition coefficient (Wildman–Crippen LogP) is 2.56. The molecule has 2 rings (SSSR count). The van der Waals surface area contributed by atoms with E-state index in [-0.39, 0.29) is 24.0 Å². The molecular formula is C20H30N2O3. The van der Waals surface area contributed by atoms with E-state index in [9.17, 15) is 14.7 Å². The van der Waals surface area contributed by atoms with E-state index >= 15 is 0 Å². The van der Waals surface area contributed by atoms with Crippen LogP contribution in [0.5, 0.6) is 0 Å². The molecule has 0 aromatic heterocycles. The number of benzene rings is 1. The number of aliphatic hydroxyl groups is 1. The zero-order valence-corrected chi connectivity index (χ0v) is 15.4. The fraction of sp³-hybridized carbons (Fsp3) is 0.600. The van der Waals surface area contributed by atoms with Crippen LogP contribution in [0.25, 0.3) is 0 Å². The molecule has 1 fully saturated rings. The van der Waals surface area contributed by atoms with Gasteiger partial charge in [0.1, 0.15) is 6.04 Å². The van der Waals surface area contributed by atoms with Gasteiger partial charge in [-0.25, -0.2) is 0 Å². The van der Waals surface area contributed by atoms with E-state index in [0.29, 0.717) is 17.9 Å². The Morgan fingerprint density at radius 2 is 1.80 bits per heavy atom. The molecule has 0 saturated heterocycles. The van der Waals surface area contributed by atoms with Gasteiger partial charge in [-0.2, -0.15) is 0 Å². The fourth-order valence-corrected chi connectivity index (χ4v) is 3.29. The van der Waals surface area contributed by atoms with E-state index in [0.717, 1.165) is 31.2 Å². The van der Waals surface area contributed by atoms with Gasteiger partial charge < -0.3 is 15.7 Å². The molecule has 0 radical (unpaired) electrons. The Labute approximate surface area is 150 Å².